The maximum atomic E-state index is 11.0. The van der Waals surface area contributed by atoms with Crippen molar-refractivity contribution in [2.45, 2.75) is 32.7 Å². The van der Waals surface area contributed by atoms with Gasteiger partial charge in [-0.15, -0.1) is 0 Å². The van der Waals surface area contributed by atoms with E-state index in [1.165, 1.54) is 11.3 Å². The van der Waals surface area contributed by atoms with Crippen LogP contribution in [0.2, 0.25) is 0 Å². The van der Waals surface area contributed by atoms with Crippen LogP contribution in [-0.2, 0) is 24.2 Å². The van der Waals surface area contributed by atoms with Gasteiger partial charge in [-0.25, -0.2) is 0 Å². The SMILES string of the molecule is Cc1cccc(-c2c(CC(=O)O)nn3c2CCC3)c1. The number of aromatic nitrogens is 2. The Morgan fingerprint density at radius 3 is 3.05 bits per heavy atom. The van der Waals surface area contributed by atoms with Crippen LogP contribution >= 0.6 is 0 Å². The van der Waals surface area contributed by atoms with Gasteiger partial charge in [0, 0.05) is 17.8 Å². The molecule has 2 heterocycles. The highest BCUT2D eigenvalue weighted by atomic mass is 16.4. The van der Waals surface area contributed by atoms with Crippen molar-refractivity contribution in [2.24, 2.45) is 0 Å². The minimum absolute atomic E-state index is 0.0106. The summed E-state index contributed by atoms with van der Waals surface area (Å²) in [5, 5.41) is 13.5. The third-order valence-corrected chi connectivity index (χ3v) is 3.54. The molecule has 0 atom stereocenters. The van der Waals surface area contributed by atoms with Crippen molar-refractivity contribution in [1.82, 2.24) is 9.78 Å². The average molecular weight is 256 g/mol. The maximum Gasteiger partial charge on any atom is 0.309 e. The molecule has 0 aliphatic carbocycles. The number of hydrogen-bond donors (Lipinski definition) is 1. The van der Waals surface area contributed by atoms with E-state index in [4.69, 9.17) is 5.11 Å². The summed E-state index contributed by atoms with van der Waals surface area (Å²) in [6.07, 6.45) is 2.06. The molecule has 0 saturated carbocycles. The standard InChI is InChI=1S/C15H16N2O2/c1-10-4-2-5-11(8-10)15-12(9-14(18)19)16-17-7-3-6-13(15)17/h2,4-5,8H,3,6-7,9H2,1H3,(H,18,19). The van der Waals surface area contributed by atoms with Crippen LogP contribution in [0.15, 0.2) is 24.3 Å². The van der Waals surface area contributed by atoms with Crippen molar-refractivity contribution in [3.63, 3.8) is 0 Å². The fraction of sp³-hybridized carbons (Fsp3) is 0.333. The van der Waals surface area contributed by atoms with Crippen LogP contribution < -0.4 is 0 Å². The molecule has 1 aliphatic rings. The molecule has 4 nitrogen and oxygen atoms in total. The molecule has 0 bridgehead atoms. The zero-order valence-electron chi connectivity index (χ0n) is 10.9. The molecular weight excluding hydrogens is 240 g/mol. The van der Waals surface area contributed by atoms with Crippen molar-refractivity contribution in [3.8, 4) is 11.1 Å². The Kier molecular flexibility index (Phi) is 2.85. The number of fused-ring (bicyclic) bond motifs is 1. The van der Waals surface area contributed by atoms with E-state index in [1.54, 1.807) is 0 Å². The summed E-state index contributed by atoms with van der Waals surface area (Å²) < 4.78 is 1.97. The van der Waals surface area contributed by atoms with Gasteiger partial charge in [-0.2, -0.15) is 5.10 Å². The normalized spacial score (nSPS) is 13.5. The second-order valence-corrected chi connectivity index (χ2v) is 5.04. The first kappa shape index (κ1) is 12.0. The molecule has 98 valence electrons. The Balaban J connectivity index is 2.15. The van der Waals surface area contributed by atoms with E-state index in [9.17, 15) is 4.79 Å². The number of carboxylic acid groups (broad SMARTS) is 1. The molecule has 3 rings (SSSR count). The van der Waals surface area contributed by atoms with Crippen molar-refractivity contribution >= 4 is 5.97 Å². The molecule has 0 fully saturated rings. The van der Waals surface area contributed by atoms with Gasteiger partial charge in [0.15, 0.2) is 0 Å². The smallest absolute Gasteiger partial charge is 0.309 e. The second-order valence-electron chi connectivity index (χ2n) is 5.04. The Bertz CT molecular complexity index is 644. The molecule has 0 saturated heterocycles. The van der Waals surface area contributed by atoms with Crippen LogP contribution in [-0.4, -0.2) is 20.9 Å². The predicted octanol–water partition coefficient (Wildman–Crippen LogP) is 2.43. The van der Waals surface area contributed by atoms with Gasteiger partial charge in [0.25, 0.3) is 0 Å². The van der Waals surface area contributed by atoms with Crippen molar-refractivity contribution < 1.29 is 9.90 Å². The number of aryl methyl sites for hydroxylation is 2. The van der Waals surface area contributed by atoms with Gasteiger partial charge in [0.2, 0.25) is 0 Å². The molecule has 2 aromatic rings. The summed E-state index contributed by atoms with van der Waals surface area (Å²) >= 11 is 0. The Morgan fingerprint density at radius 1 is 1.47 bits per heavy atom. The first-order valence-electron chi connectivity index (χ1n) is 6.52. The molecule has 19 heavy (non-hydrogen) atoms. The van der Waals surface area contributed by atoms with Gasteiger partial charge < -0.3 is 5.11 Å². The van der Waals surface area contributed by atoms with Crippen LogP contribution in [0.1, 0.15) is 23.4 Å². The van der Waals surface area contributed by atoms with E-state index in [1.807, 2.05) is 29.8 Å². The van der Waals surface area contributed by atoms with Crippen LogP contribution in [0.5, 0.6) is 0 Å². The lowest BCUT2D eigenvalue weighted by Gasteiger charge is -2.05. The van der Waals surface area contributed by atoms with Crippen molar-refractivity contribution in [3.05, 3.63) is 41.2 Å². The first-order chi connectivity index (χ1) is 9.15. The molecule has 1 aliphatic heterocycles. The van der Waals surface area contributed by atoms with E-state index in [2.05, 4.69) is 11.2 Å². The van der Waals surface area contributed by atoms with E-state index < -0.39 is 5.97 Å². The van der Waals surface area contributed by atoms with Gasteiger partial charge in [-0.05, 0) is 25.3 Å². The van der Waals surface area contributed by atoms with Gasteiger partial charge >= 0.3 is 5.97 Å². The molecule has 0 amide bonds. The van der Waals surface area contributed by atoms with Crippen molar-refractivity contribution in [1.29, 1.82) is 0 Å². The summed E-state index contributed by atoms with van der Waals surface area (Å²) in [5.41, 5.74) is 5.16. The van der Waals surface area contributed by atoms with Crippen LogP contribution in [0.4, 0.5) is 0 Å². The highest BCUT2D eigenvalue weighted by molar-refractivity contribution is 5.77. The topological polar surface area (TPSA) is 55.1 Å². The number of aliphatic carboxylic acids is 1. The minimum Gasteiger partial charge on any atom is -0.481 e. The molecule has 0 unspecified atom stereocenters. The molecule has 1 aromatic carbocycles. The minimum atomic E-state index is -0.828. The quantitative estimate of drug-likeness (QED) is 0.917. The van der Waals surface area contributed by atoms with Gasteiger partial charge in [0.1, 0.15) is 0 Å². The largest absolute Gasteiger partial charge is 0.481 e. The van der Waals surface area contributed by atoms with E-state index >= 15 is 0 Å². The maximum absolute atomic E-state index is 11.0. The third-order valence-electron chi connectivity index (χ3n) is 3.54. The summed E-state index contributed by atoms with van der Waals surface area (Å²) in [5.74, 6) is -0.828. The lowest BCUT2D eigenvalue weighted by molar-refractivity contribution is -0.136. The molecule has 1 N–H and O–H groups in total. The fourth-order valence-corrected chi connectivity index (χ4v) is 2.79. The van der Waals surface area contributed by atoms with Crippen LogP contribution in [0.25, 0.3) is 11.1 Å². The molecular formula is C15H16N2O2. The number of hydrogen-bond acceptors (Lipinski definition) is 2. The van der Waals surface area contributed by atoms with E-state index in [0.717, 1.165) is 30.5 Å². The lowest BCUT2D eigenvalue weighted by atomic mass is 9.99. The Labute approximate surface area is 111 Å². The first-order valence-corrected chi connectivity index (χ1v) is 6.52. The Hall–Kier alpha value is -2.10. The Morgan fingerprint density at radius 2 is 2.32 bits per heavy atom. The summed E-state index contributed by atoms with van der Waals surface area (Å²) in [4.78, 5) is 11.0. The summed E-state index contributed by atoms with van der Waals surface area (Å²) in [7, 11) is 0. The monoisotopic (exact) mass is 256 g/mol. The molecule has 1 aromatic heterocycles. The lowest BCUT2D eigenvalue weighted by Crippen LogP contribution is -2.03. The number of nitrogens with zero attached hydrogens (tertiary/aromatic N) is 2. The molecule has 0 spiro atoms. The molecule has 0 radical (unpaired) electrons. The summed E-state index contributed by atoms with van der Waals surface area (Å²) in [6.45, 7) is 2.94. The number of carboxylic acids is 1. The fourth-order valence-electron chi connectivity index (χ4n) is 2.79. The number of carbonyl (C=O) groups is 1. The number of rotatable bonds is 3. The number of benzene rings is 1. The van der Waals surface area contributed by atoms with E-state index in [0.29, 0.717) is 5.69 Å². The zero-order chi connectivity index (χ0) is 13.4. The van der Waals surface area contributed by atoms with Gasteiger partial charge in [-0.1, -0.05) is 29.8 Å². The van der Waals surface area contributed by atoms with Crippen molar-refractivity contribution in [2.75, 3.05) is 0 Å². The second kappa shape index (κ2) is 4.53. The van der Waals surface area contributed by atoms with Crippen LogP contribution in [0, 0.1) is 6.92 Å². The molecule has 4 heteroatoms. The van der Waals surface area contributed by atoms with Crippen LogP contribution in [0.3, 0.4) is 0 Å². The predicted molar refractivity (Wildman–Crippen MR) is 72.1 cm³/mol. The zero-order valence-corrected chi connectivity index (χ0v) is 10.9. The van der Waals surface area contributed by atoms with Gasteiger partial charge in [0.05, 0.1) is 12.1 Å². The van der Waals surface area contributed by atoms with E-state index in [-0.39, 0.29) is 6.42 Å². The summed E-state index contributed by atoms with van der Waals surface area (Å²) in [6, 6.07) is 8.19. The highest BCUT2D eigenvalue weighted by Crippen LogP contribution is 2.32. The third kappa shape index (κ3) is 2.14. The average Bonchev–Trinajstić information content (AvgIpc) is 2.87. The highest BCUT2D eigenvalue weighted by Gasteiger charge is 2.23. The van der Waals surface area contributed by atoms with Gasteiger partial charge in [-0.3, -0.25) is 9.48 Å².